The van der Waals surface area contributed by atoms with Crippen molar-refractivity contribution in [1.29, 1.82) is 0 Å². The number of rotatable bonds is 4. The van der Waals surface area contributed by atoms with Crippen molar-refractivity contribution in [1.82, 2.24) is 29.3 Å². The number of nitrogens with zero attached hydrogens (tertiary/aromatic N) is 5. The van der Waals surface area contributed by atoms with E-state index in [0.29, 0.717) is 27.6 Å². The Morgan fingerprint density at radius 3 is 2.26 bits per heavy atom. The van der Waals surface area contributed by atoms with E-state index >= 15 is 0 Å². The summed E-state index contributed by atoms with van der Waals surface area (Å²) in [5.74, 6) is 1.27. The van der Waals surface area contributed by atoms with E-state index < -0.39 is 0 Å². The molecule has 0 saturated carbocycles. The Bertz CT molecular complexity index is 1650. The molecule has 0 amide bonds. The molecule has 0 spiro atoms. The summed E-state index contributed by atoms with van der Waals surface area (Å²) in [5, 5.41) is 5.48. The highest BCUT2D eigenvalue weighted by Crippen LogP contribution is 2.26. The number of nitrogens with one attached hydrogen (secondary N) is 1. The van der Waals surface area contributed by atoms with Gasteiger partial charge in [0.2, 0.25) is 0 Å². The molecular formula is C26H17ClN6O. The first-order chi connectivity index (χ1) is 16.7. The van der Waals surface area contributed by atoms with Gasteiger partial charge in [-0.15, -0.1) is 0 Å². The number of hydrogen-bond acceptors (Lipinski definition) is 4. The molecule has 0 aliphatic rings. The maximum Gasteiger partial charge on any atom is 0.269 e. The van der Waals surface area contributed by atoms with Gasteiger partial charge in [0.25, 0.3) is 5.56 Å². The normalized spacial score (nSPS) is 11.2. The van der Waals surface area contributed by atoms with Crippen molar-refractivity contribution in [2.75, 3.05) is 0 Å². The van der Waals surface area contributed by atoms with Crippen LogP contribution >= 0.6 is 11.6 Å². The molecule has 7 nitrogen and oxygen atoms in total. The van der Waals surface area contributed by atoms with Crippen molar-refractivity contribution in [2.45, 2.75) is 0 Å². The van der Waals surface area contributed by atoms with Crippen LogP contribution in [0.2, 0.25) is 5.02 Å². The Balaban J connectivity index is 1.61. The summed E-state index contributed by atoms with van der Waals surface area (Å²) in [6.45, 7) is 0. The Morgan fingerprint density at radius 2 is 1.56 bits per heavy atom. The van der Waals surface area contributed by atoms with Crippen molar-refractivity contribution in [3.05, 3.63) is 113 Å². The molecule has 34 heavy (non-hydrogen) atoms. The molecule has 0 fully saturated rings. The lowest BCUT2D eigenvalue weighted by Crippen LogP contribution is -2.22. The first-order valence-electron chi connectivity index (χ1n) is 10.6. The number of aromatic nitrogens is 6. The van der Waals surface area contributed by atoms with Gasteiger partial charge in [-0.25, -0.2) is 14.6 Å². The molecule has 8 heteroatoms. The van der Waals surface area contributed by atoms with Crippen molar-refractivity contribution in [3.63, 3.8) is 0 Å². The van der Waals surface area contributed by atoms with Gasteiger partial charge in [-0.1, -0.05) is 54.1 Å². The molecular weight excluding hydrogens is 448 g/mol. The number of halogens is 1. The average Bonchev–Trinajstić information content (AvgIpc) is 3.56. The van der Waals surface area contributed by atoms with Crippen LogP contribution in [0.4, 0.5) is 0 Å². The molecule has 0 aliphatic heterocycles. The maximum absolute atomic E-state index is 13.7. The molecule has 3 aromatic carbocycles. The predicted molar refractivity (Wildman–Crippen MR) is 132 cm³/mol. The molecule has 164 valence electrons. The fourth-order valence-corrected chi connectivity index (χ4v) is 4.08. The number of H-pyrrole nitrogens is 1. The highest BCUT2D eigenvalue weighted by Gasteiger charge is 2.18. The highest BCUT2D eigenvalue weighted by atomic mass is 35.5. The van der Waals surface area contributed by atoms with Crippen LogP contribution in [0.25, 0.3) is 45.2 Å². The number of para-hydroxylation sites is 1. The van der Waals surface area contributed by atoms with E-state index in [1.165, 1.54) is 0 Å². The van der Waals surface area contributed by atoms with Crippen LogP contribution in [0, 0.1) is 0 Å². The van der Waals surface area contributed by atoms with Crippen molar-refractivity contribution in [2.24, 2.45) is 0 Å². The Morgan fingerprint density at radius 1 is 0.824 bits per heavy atom. The molecule has 0 aliphatic carbocycles. The van der Waals surface area contributed by atoms with E-state index in [1.807, 2.05) is 54.6 Å². The topological polar surface area (TPSA) is 81.4 Å². The minimum absolute atomic E-state index is 0.209. The van der Waals surface area contributed by atoms with Gasteiger partial charge in [0.05, 0.1) is 17.6 Å². The van der Waals surface area contributed by atoms with Crippen LogP contribution in [0.1, 0.15) is 0 Å². The van der Waals surface area contributed by atoms with Crippen LogP contribution in [-0.2, 0) is 0 Å². The van der Waals surface area contributed by atoms with E-state index in [4.69, 9.17) is 16.6 Å². The molecule has 6 aromatic rings. The van der Waals surface area contributed by atoms with Gasteiger partial charge >= 0.3 is 0 Å². The summed E-state index contributed by atoms with van der Waals surface area (Å²) in [7, 11) is 0. The van der Waals surface area contributed by atoms with Gasteiger partial charge in [-0.3, -0.25) is 9.36 Å². The second kappa shape index (κ2) is 8.13. The molecule has 0 unspecified atom stereocenters. The third-order valence-corrected chi connectivity index (χ3v) is 5.85. The van der Waals surface area contributed by atoms with E-state index in [9.17, 15) is 4.79 Å². The van der Waals surface area contributed by atoms with Gasteiger partial charge in [0.1, 0.15) is 17.0 Å². The maximum atomic E-state index is 13.7. The first-order valence-corrected chi connectivity index (χ1v) is 11.0. The van der Waals surface area contributed by atoms with Gasteiger partial charge in [0.15, 0.2) is 5.65 Å². The zero-order valence-electron chi connectivity index (χ0n) is 17.8. The largest absolute Gasteiger partial charge is 0.345 e. The van der Waals surface area contributed by atoms with E-state index in [2.05, 4.69) is 15.1 Å². The van der Waals surface area contributed by atoms with Gasteiger partial charge in [0, 0.05) is 28.5 Å². The molecule has 3 aromatic heterocycles. The summed E-state index contributed by atoms with van der Waals surface area (Å²) >= 11 is 6.10. The molecule has 1 N–H and O–H groups in total. The molecule has 0 bridgehead atoms. The molecule has 0 atom stereocenters. The van der Waals surface area contributed by atoms with Gasteiger partial charge in [-0.05, 0) is 36.4 Å². The minimum Gasteiger partial charge on any atom is -0.345 e. The number of imidazole rings is 1. The third kappa shape index (κ3) is 3.39. The zero-order chi connectivity index (χ0) is 23.1. The quantitative estimate of drug-likeness (QED) is 0.384. The second-order valence-corrected chi connectivity index (χ2v) is 8.13. The number of fused-ring (bicyclic) bond motifs is 1. The average molecular weight is 465 g/mol. The van der Waals surface area contributed by atoms with Crippen molar-refractivity contribution >= 4 is 22.6 Å². The third-order valence-electron chi connectivity index (χ3n) is 5.60. The van der Waals surface area contributed by atoms with E-state index in [1.54, 1.807) is 52.1 Å². The van der Waals surface area contributed by atoms with Crippen LogP contribution < -0.4 is 5.56 Å². The van der Waals surface area contributed by atoms with Gasteiger partial charge < -0.3 is 4.98 Å². The van der Waals surface area contributed by atoms with E-state index in [0.717, 1.165) is 22.6 Å². The predicted octanol–water partition coefficient (Wildman–Crippen LogP) is 5.28. The van der Waals surface area contributed by atoms with Crippen LogP contribution in [-0.4, -0.2) is 29.3 Å². The smallest absolute Gasteiger partial charge is 0.269 e. The van der Waals surface area contributed by atoms with E-state index in [-0.39, 0.29) is 5.56 Å². The summed E-state index contributed by atoms with van der Waals surface area (Å²) in [6.07, 6.45) is 5.05. The lowest BCUT2D eigenvalue weighted by atomic mass is 10.1. The molecule has 0 radical (unpaired) electrons. The van der Waals surface area contributed by atoms with Crippen molar-refractivity contribution in [3.8, 4) is 34.2 Å². The summed E-state index contributed by atoms with van der Waals surface area (Å²) in [4.78, 5) is 26.1. The zero-order valence-corrected chi connectivity index (χ0v) is 18.5. The Kier molecular flexibility index (Phi) is 4.82. The van der Waals surface area contributed by atoms with Crippen molar-refractivity contribution < 1.29 is 0 Å². The minimum atomic E-state index is -0.209. The summed E-state index contributed by atoms with van der Waals surface area (Å²) in [6, 6.07) is 24.5. The lowest BCUT2D eigenvalue weighted by Gasteiger charge is -2.14. The fourth-order valence-electron chi connectivity index (χ4n) is 3.95. The summed E-state index contributed by atoms with van der Waals surface area (Å²) in [5.41, 5.74) is 3.50. The number of aromatic amines is 1. The SMILES string of the molecule is O=c1c2cnn(-c3ccccc3)c2nc(-c2ccc(-c3ncc[nH]3)cc2)n1-c1ccc(Cl)cc1. The lowest BCUT2D eigenvalue weighted by molar-refractivity contribution is 0.888. The van der Waals surface area contributed by atoms with Crippen LogP contribution in [0.5, 0.6) is 0 Å². The highest BCUT2D eigenvalue weighted by molar-refractivity contribution is 6.30. The monoisotopic (exact) mass is 464 g/mol. The Hall–Kier alpha value is -4.49. The number of benzene rings is 3. The second-order valence-electron chi connectivity index (χ2n) is 7.70. The Labute approximate surface area is 198 Å². The van der Waals surface area contributed by atoms with Crippen LogP contribution in [0.3, 0.4) is 0 Å². The standard InChI is InChI=1S/C26H17ClN6O/c27-19-10-12-20(13-11-19)32-24(18-8-6-17(7-9-18)23-28-14-15-29-23)31-25-22(26(32)34)16-30-33(25)21-4-2-1-3-5-21/h1-16H,(H,28,29). The number of hydrogen-bond donors (Lipinski definition) is 1. The molecule has 3 heterocycles. The summed E-state index contributed by atoms with van der Waals surface area (Å²) < 4.78 is 3.28. The first kappa shape index (κ1) is 20.1. The van der Waals surface area contributed by atoms with Gasteiger partial charge in [-0.2, -0.15) is 5.10 Å². The van der Waals surface area contributed by atoms with Crippen LogP contribution in [0.15, 0.2) is 102 Å². The molecule has 6 rings (SSSR count). The molecule has 0 saturated heterocycles. The fraction of sp³-hybridized carbons (Fsp3) is 0.